The lowest BCUT2D eigenvalue weighted by Gasteiger charge is -2.08. The number of halogens is 2. The van der Waals surface area contributed by atoms with E-state index < -0.39 is 0 Å². The molecular formula is C17H18BrFN2O. The second kappa shape index (κ2) is 8.06. The van der Waals surface area contributed by atoms with Gasteiger partial charge in [-0.15, -0.1) is 0 Å². The summed E-state index contributed by atoms with van der Waals surface area (Å²) < 4.78 is 14.4. The van der Waals surface area contributed by atoms with Crippen molar-refractivity contribution in [3.63, 3.8) is 0 Å². The van der Waals surface area contributed by atoms with Crippen molar-refractivity contribution in [2.24, 2.45) is 0 Å². The molecule has 116 valence electrons. The van der Waals surface area contributed by atoms with Gasteiger partial charge in [-0.2, -0.15) is 0 Å². The third kappa shape index (κ3) is 4.93. The Morgan fingerprint density at radius 1 is 1.23 bits per heavy atom. The predicted octanol–water partition coefficient (Wildman–Crippen LogP) is 4.02. The molecule has 0 aromatic heterocycles. The number of hydrogen-bond acceptors (Lipinski definition) is 2. The molecule has 0 saturated heterocycles. The number of carbonyl (C=O) groups is 1. The monoisotopic (exact) mass is 364 g/mol. The molecule has 0 aliphatic rings. The molecule has 0 radical (unpaired) electrons. The SMILES string of the molecule is Cc1cc(NC(=O)CCNCc2ccccc2F)ccc1Br. The molecule has 0 unspecified atom stereocenters. The highest BCUT2D eigenvalue weighted by atomic mass is 79.9. The first kappa shape index (κ1) is 16.6. The molecular weight excluding hydrogens is 347 g/mol. The lowest BCUT2D eigenvalue weighted by atomic mass is 10.2. The largest absolute Gasteiger partial charge is 0.326 e. The zero-order valence-corrected chi connectivity index (χ0v) is 13.9. The highest BCUT2D eigenvalue weighted by molar-refractivity contribution is 9.10. The maximum Gasteiger partial charge on any atom is 0.225 e. The number of amides is 1. The van der Waals surface area contributed by atoms with Gasteiger partial charge in [0.2, 0.25) is 5.91 Å². The second-order valence-electron chi connectivity index (χ2n) is 5.03. The van der Waals surface area contributed by atoms with Crippen molar-refractivity contribution in [1.29, 1.82) is 0 Å². The van der Waals surface area contributed by atoms with Crippen LogP contribution in [0.15, 0.2) is 46.9 Å². The van der Waals surface area contributed by atoms with Crippen LogP contribution in [0.2, 0.25) is 0 Å². The van der Waals surface area contributed by atoms with E-state index in [2.05, 4.69) is 26.6 Å². The molecule has 3 nitrogen and oxygen atoms in total. The number of benzene rings is 2. The molecule has 0 spiro atoms. The van der Waals surface area contributed by atoms with Crippen LogP contribution in [-0.2, 0) is 11.3 Å². The lowest BCUT2D eigenvalue weighted by Crippen LogP contribution is -2.21. The average Bonchev–Trinajstić information content (AvgIpc) is 2.49. The number of anilines is 1. The van der Waals surface area contributed by atoms with Crippen molar-refractivity contribution >= 4 is 27.5 Å². The van der Waals surface area contributed by atoms with Crippen LogP contribution in [0.4, 0.5) is 10.1 Å². The zero-order valence-electron chi connectivity index (χ0n) is 12.3. The Morgan fingerprint density at radius 2 is 2.00 bits per heavy atom. The van der Waals surface area contributed by atoms with Gasteiger partial charge < -0.3 is 10.6 Å². The third-order valence-corrected chi connectivity index (χ3v) is 4.13. The minimum Gasteiger partial charge on any atom is -0.326 e. The Balaban J connectivity index is 1.74. The van der Waals surface area contributed by atoms with Gasteiger partial charge in [-0.05, 0) is 36.8 Å². The van der Waals surface area contributed by atoms with Crippen molar-refractivity contribution in [2.45, 2.75) is 19.9 Å². The van der Waals surface area contributed by atoms with Crippen LogP contribution in [0.5, 0.6) is 0 Å². The summed E-state index contributed by atoms with van der Waals surface area (Å²) in [6.07, 6.45) is 0.337. The number of aryl methyl sites for hydroxylation is 1. The molecule has 2 aromatic carbocycles. The smallest absolute Gasteiger partial charge is 0.225 e. The van der Waals surface area contributed by atoms with Crippen LogP contribution < -0.4 is 10.6 Å². The molecule has 0 saturated carbocycles. The lowest BCUT2D eigenvalue weighted by molar-refractivity contribution is -0.116. The van der Waals surface area contributed by atoms with Crippen LogP contribution >= 0.6 is 15.9 Å². The van der Waals surface area contributed by atoms with Gasteiger partial charge in [0, 0.05) is 35.2 Å². The van der Waals surface area contributed by atoms with Crippen LogP contribution in [-0.4, -0.2) is 12.5 Å². The first-order valence-electron chi connectivity index (χ1n) is 7.06. The summed E-state index contributed by atoms with van der Waals surface area (Å²) in [6, 6.07) is 12.3. The van der Waals surface area contributed by atoms with Crippen LogP contribution in [0.3, 0.4) is 0 Å². The fourth-order valence-corrected chi connectivity index (χ4v) is 2.26. The highest BCUT2D eigenvalue weighted by Crippen LogP contribution is 2.20. The summed E-state index contributed by atoms with van der Waals surface area (Å²) in [6.45, 7) is 2.88. The van der Waals surface area contributed by atoms with E-state index in [9.17, 15) is 9.18 Å². The molecule has 2 rings (SSSR count). The molecule has 0 heterocycles. The summed E-state index contributed by atoms with van der Waals surface area (Å²) in [5, 5.41) is 5.92. The fourth-order valence-electron chi connectivity index (χ4n) is 2.01. The van der Waals surface area contributed by atoms with Crippen molar-refractivity contribution in [2.75, 3.05) is 11.9 Å². The number of carbonyl (C=O) groups excluding carboxylic acids is 1. The standard InChI is InChI=1S/C17H18BrFN2O/c1-12-10-14(6-7-15(12)18)21-17(22)8-9-20-11-13-4-2-3-5-16(13)19/h2-7,10,20H,8-9,11H2,1H3,(H,21,22). The molecule has 1 amide bonds. The third-order valence-electron chi connectivity index (χ3n) is 3.24. The minimum absolute atomic E-state index is 0.0669. The summed E-state index contributed by atoms with van der Waals surface area (Å²) >= 11 is 3.42. The normalized spacial score (nSPS) is 10.5. The summed E-state index contributed by atoms with van der Waals surface area (Å²) in [7, 11) is 0. The van der Waals surface area contributed by atoms with Gasteiger partial charge in [-0.1, -0.05) is 34.1 Å². The average molecular weight is 365 g/mol. The predicted molar refractivity (Wildman–Crippen MR) is 90.2 cm³/mol. The van der Waals surface area contributed by atoms with Gasteiger partial charge >= 0.3 is 0 Å². The van der Waals surface area contributed by atoms with E-state index in [1.165, 1.54) is 6.07 Å². The molecule has 5 heteroatoms. The quantitative estimate of drug-likeness (QED) is 0.760. The Kier molecular flexibility index (Phi) is 6.10. The Hall–Kier alpha value is -1.72. The summed E-state index contributed by atoms with van der Waals surface area (Å²) in [5.74, 6) is -0.299. The second-order valence-corrected chi connectivity index (χ2v) is 5.88. The van der Waals surface area contributed by atoms with E-state index in [1.807, 2.05) is 25.1 Å². The van der Waals surface area contributed by atoms with E-state index in [4.69, 9.17) is 0 Å². The fraction of sp³-hybridized carbons (Fsp3) is 0.235. The molecule has 0 fully saturated rings. The van der Waals surface area contributed by atoms with E-state index in [0.29, 0.717) is 25.1 Å². The maximum atomic E-state index is 13.4. The summed E-state index contributed by atoms with van der Waals surface area (Å²) in [5.41, 5.74) is 2.45. The van der Waals surface area contributed by atoms with Crippen LogP contribution in [0, 0.1) is 12.7 Å². The molecule has 0 atom stereocenters. The first-order valence-corrected chi connectivity index (χ1v) is 7.85. The molecule has 0 bridgehead atoms. The number of hydrogen-bond donors (Lipinski definition) is 2. The molecule has 2 aromatic rings. The first-order chi connectivity index (χ1) is 10.6. The van der Waals surface area contributed by atoms with Gasteiger partial charge in [0.15, 0.2) is 0 Å². The van der Waals surface area contributed by atoms with Crippen LogP contribution in [0.1, 0.15) is 17.5 Å². The van der Waals surface area contributed by atoms with Crippen molar-refractivity contribution < 1.29 is 9.18 Å². The maximum absolute atomic E-state index is 13.4. The molecule has 22 heavy (non-hydrogen) atoms. The van der Waals surface area contributed by atoms with E-state index >= 15 is 0 Å². The molecule has 0 aliphatic heterocycles. The molecule has 0 aliphatic carbocycles. The topological polar surface area (TPSA) is 41.1 Å². The van der Waals surface area contributed by atoms with E-state index in [0.717, 1.165) is 15.7 Å². The minimum atomic E-state index is -0.232. The Morgan fingerprint density at radius 3 is 2.73 bits per heavy atom. The molecule has 2 N–H and O–H groups in total. The van der Waals surface area contributed by atoms with Crippen molar-refractivity contribution in [3.05, 3.63) is 63.9 Å². The van der Waals surface area contributed by atoms with E-state index in [1.54, 1.807) is 18.2 Å². The summed E-state index contributed by atoms with van der Waals surface area (Å²) in [4.78, 5) is 11.9. The number of nitrogens with one attached hydrogen (secondary N) is 2. The van der Waals surface area contributed by atoms with Crippen molar-refractivity contribution in [1.82, 2.24) is 5.32 Å². The van der Waals surface area contributed by atoms with Crippen LogP contribution in [0.25, 0.3) is 0 Å². The van der Waals surface area contributed by atoms with Gasteiger partial charge in [0.05, 0.1) is 0 Å². The van der Waals surface area contributed by atoms with Crippen molar-refractivity contribution in [3.8, 4) is 0 Å². The number of rotatable bonds is 6. The van der Waals surface area contributed by atoms with Gasteiger partial charge in [0.1, 0.15) is 5.82 Å². The van der Waals surface area contributed by atoms with Gasteiger partial charge in [-0.3, -0.25) is 4.79 Å². The highest BCUT2D eigenvalue weighted by Gasteiger charge is 2.04. The zero-order chi connectivity index (χ0) is 15.9. The van der Waals surface area contributed by atoms with Gasteiger partial charge in [0.25, 0.3) is 0 Å². The van der Waals surface area contributed by atoms with E-state index in [-0.39, 0.29) is 11.7 Å². The van der Waals surface area contributed by atoms with Gasteiger partial charge in [-0.25, -0.2) is 4.39 Å². The Labute approximate surface area is 138 Å². The Bertz CT molecular complexity index is 661.